The number of hydrogen-bond acceptors (Lipinski definition) is 9. The Kier molecular flexibility index (Phi) is 37.3. The summed E-state index contributed by atoms with van der Waals surface area (Å²) in [4.78, 5) is 44.5. The van der Waals surface area contributed by atoms with Gasteiger partial charge in [0.25, 0.3) is 0 Å². The summed E-state index contributed by atoms with van der Waals surface area (Å²) in [7, 11) is -5.18. The second kappa shape index (κ2) is 32.9. The molecule has 40 heavy (non-hydrogen) atoms. The second-order valence-electron chi connectivity index (χ2n) is 9.79. The molecular formula is C27H52NNa2O9P. The molecule has 0 aliphatic rings. The van der Waals surface area contributed by atoms with E-state index in [1.165, 1.54) is 51.9 Å². The topological polar surface area (TPSA) is 146 Å². The van der Waals surface area contributed by atoms with Crippen molar-refractivity contribution in [2.24, 2.45) is 0 Å². The quantitative estimate of drug-likeness (QED) is 0.0368. The minimum absolute atomic E-state index is 0. The molecule has 0 saturated carbocycles. The first-order valence-corrected chi connectivity index (χ1v) is 16.0. The normalized spacial score (nSPS) is 11.8. The van der Waals surface area contributed by atoms with Gasteiger partial charge in [0.2, 0.25) is 5.91 Å². The van der Waals surface area contributed by atoms with Crippen LogP contribution in [-0.2, 0) is 32.9 Å². The Bertz CT molecular complexity index is 627. The Morgan fingerprint density at radius 2 is 1.27 bits per heavy atom. The van der Waals surface area contributed by atoms with Crippen LogP contribution in [0.2, 0.25) is 0 Å². The number of ether oxygens (including phenoxy) is 3. The minimum Gasteiger partial charge on any atom is -0.790 e. The molecule has 0 aromatic rings. The van der Waals surface area contributed by atoms with Crippen LogP contribution in [0, 0.1) is 0 Å². The predicted octanol–water partition coefficient (Wildman–Crippen LogP) is -1.47. The number of phosphoric ester groups is 1. The van der Waals surface area contributed by atoms with Crippen LogP contribution in [0.15, 0.2) is 0 Å². The van der Waals surface area contributed by atoms with Crippen LogP contribution < -0.4 is 74.2 Å². The second-order valence-corrected chi connectivity index (χ2v) is 10.9. The maximum absolute atomic E-state index is 12.1. The third-order valence-corrected chi connectivity index (χ3v) is 6.48. The molecule has 0 aliphatic heterocycles. The molecule has 0 aliphatic carbocycles. The van der Waals surface area contributed by atoms with Crippen molar-refractivity contribution in [3.63, 3.8) is 0 Å². The molecule has 0 rings (SSSR count). The van der Waals surface area contributed by atoms with Gasteiger partial charge < -0.3 is 38.4 Å². The Hall–Kier alpha value is 0.970. The van der Waals surface area contributed by atoms with Crippen molar-refractivity contribution in [1.29, 1.82) is 0 Å². The first-order valence-electron chi connectivity index (χ1n) is 14.5. The average Bonchev–Trinajstić information content (AvgIpc) is 2.85. The van der Waals surface area contributed by atoms with Crippen LogP contribution in [0.25, 0.3) is 0 Å². The van der Waals surface area contributed by atoms with Gasteiger partial charge in [-0.2, -0.15) is 0 Å². The average molecular weight is 612 g/mol. The molecule has 0 heterocycles. The fourth-order valence-corrected chi connectivity index (χ4v) is 4.24. The molecule has 0 saturated heterocycles. The van der Waals surface area contributed by atoms with E-state index in [0.29, 0.717) is 13.0 Å². The number of nitrogens with one attached hydrogen (secondary N) is 1. The molecule has 0 fully saturated rings. The summed E-state index contributed by atoms with van der Waals surface area (Å²) < 4.78 is 31.2. The Balaban J connectivity index is -0.00000684. The van der Waals surface area contributed by atoms with Crippen molar-refractivity contribution in [2.75, 3.05) is 33.2 Å². The Morgan fingerprint density at radius 3 is 1.82 bits per heavy atom. The van der Waals surface area contributed by atoms with Crippen LogP contribution in [0.4, 0.5) is 0 Å². The van der Waals surface area contributed by atoms with Gasteiger partial charge in [-0.25, -0.2) is 0 Å². The number of carbonyl (C=O) groups excluding carboxylic acids is 2. The van der Waals surface area contributed by atoms with Crippen molar-refractivity contribution >= 4 is 19.7 Å². The molecular weight excluding hydrogens is 559 g/mol. The van der Waals surface area contributed by atoms with Gasteiger partial charge in [0.15, 0.2) is 0 Å². The molecule has 0 bridgehead atoms. The van der Waals surface area contributed by atoms with E-state index in [9.17, 15) is 23.9 Å². The summed E-state index contributed by atoms with van der Waals surface area (Å²) in [6.07, 6.45) is 16.8. The summed E-state index contributed by atoms with van der Waals surface area (Å²) in [6, 6.07) is 0. The Morgan fingerprint density at radius 1 is 0.750 bits per heavy atom. The maximum atomic E-state index is 12.1. The zero-order valence-corrected chi connectivity index (χ0v) is 30.6. The van der Waals surface area contributed by atoms with Gasteiger partial charge >= 0.3 is 65.1 Å². The summed E-state index contributed by atoms with van der Waals surface area (Å²) in [6.45, 7) is 4.29. The zero-order chi connectivity index (χ0) is 28.3. The third kappa shape index (κ3) is 37.0. The van der Waals surface area contributed by atoms with Crippen molar-refractivity contribution in [3.05, 3.63) is 0 Å². The number of amides is 1. The summed E-state index contributed by atoms with van der Waals surface area (Å²) in [5.41, 5.74) is 0. The van der Waals surface area contributed by atoms with Gasteiger partial charge in [-0.15, -0.1) is 0 Å². The first-order chi connectivity index (χ1) is 18.2. The molecule has 1 amide bonds. The van der Waals surface area contributed by atoms with Crippen LogP contribution >= 0.6 is 7.82 Å². The first kappa shape index (κ1) is 45.4. The molecule has 0 aromatic carbocycles. The van der Waals surface area contributed by atoms with Crippen LogP contribution in [-0.4, -0.2) is 51.1 Å². The van der Waals surface area contributed by atoms with E-state index in [4.69, 9.17) is 14.2 Å². The van der Waals surface area contributed by atoms with Gasteiger partial charge in [-0.05, 0) is 19.3 Å². The number of phosphoric acid groups is 1. The maximum Gasteiger partial charge on any atom is 1.00 e. The molecule has 1 N–H and O–H groups in total. The fraction of sp³-hybridized carbons (Fsp3) is 0.926. The van der Waals surface area contributed by atoms with Gasteiger partial charge in [0, 0.05) is 26.5 Å². The molecule has 0 unspecified atom stereocenters. The van der Waals surface area contributed by atoms with Crippen LogP contribution in [0.5, 0.6) is 0 Å². The molecule has 10 nitrogen and oxygen atoms in total. The predicted molar refractivity (Wildman–Crippen MR) is 143 cm³/mol. The molecule has 0 radical (unpaired) electrons. The molecule has 1 atom stereocenters. The van der Waals surface area contributed by atoms with Crippen LogP contribution in [0.1, 0.15) is 123 Å². The van der Waals surface area contributed by atoms with E-state index in [1.54, 1.807) is 0 Å². The molecule has 0 aromatic heterocycles. The van der Waals surface area contributed by atoms with E-state index in [2.05, 4.69) is 16.8 Å². The number of rotatable bonds is 28. The van der Waals surface area contributed by atoms with Crippen molar-refractivity contribution in [2.45, 2.75) is 129 Å². The van der Waals surface area contributed by atoms with E-state index in [1.807, 2.05) is 0 Å². The summed E-state index contributed by atoms with van der Waals surface area (Å²) in [5.74, 6) is -0.442. The SMILES string of the molecule is CCCCCCCCCCC(=O)O[C@H](COCOCCCCCCCCCCNC(C)=O)COP(=O)([O-])[O-].[Na+].[Na+]. The number of carbonyl (C=O) groups is 2. The van der Waals surface area contributed by atoms with Gasteiger partial charge in [0.1, 0.15) is 12.9 Å². The molecule has 13 heteroatoms. The minimum atomic E-state index is -5.18. The number of esters is 1. The standard InChI is InChI=1S/C27H54NO9P.2Na/c1-3-4-5-6-7-10-13-16-19-27(30)37-26(23-36-38(31,32)33)22-35-24-34-21-18-15-12-9-8-11-14-17-20-28-25(2)29;;/h26H,3-24H2,1-2H3,(H,28,29)(H2,31,32,33);;/q;2*+1/p-2/t26-;;/m1../s1. The van der Waals surface area contributed by atoms with Crippen molar-refractivity contribution < 1.29 is 102 Å². The summed E-state index contributed by atoms with van der Waals surface area (Å²) >= 11 is 0. The smallest absolute Gasteiger partial charge is 0.790 e. The number of hydrogen-bond donors (Lipinski definition) is 1. The van der Waals surface area contributed by atoms with Crippen molar-refractivity contribution in [3.8, 4) is 0 Å². The molecule has 0 spiro atoms. The van der Waals surface area contributed by atoms with Crippen LogP contribution in [0.3, 0.4) is 0 Å². The van der Waals surface area contributed by atoms with Gasteiger partial charge in [0.05, 0.1) is 21.0 Å². The third-order valence-electron chi connectivity index (χ3n) is 6.01. The van der Waals surface area contributed by atoms with E-state index >= 15 is 0 Å². The largest absolute Gasteiger partial charge is 1.00 e. The summed E-state index contributed by atoms with van der Waals surface area (Å²) in [5, 5.41) is 2.80. The fourth-order valence-electron chi connectivity index (χ4n) is 3.89. The van der Waals surface area contributed by atoms with Gasteiger partial charge in [-0.1, -0.05) is 90.4 Å². The van der Waals surface area contributed by atoms with E-state index < -0.39 is 26.5 Å². The monoisotopic (exact) mass is 611 g/mol. The zero-order valence-electron chi connectivity index (χ0n) is 25.8. The van der Waals surface area contributed by atoms with E-state index in [0.717, 1.165) is 57.9 Å². The van der Waals surface area contributed by atoms with E-state index in [-0.39, 0.29) is 84.8 Å². The number of unbranched alkanes of at least 4 members (excludes halogenated alkanes) is 14. The molecule has 226 valence electrons. The van der Waals surface area contributed by atoms with Crippen molar-refractivity contribution in [1.82, 2.24) is 5.32 Å². The van der Waals surface area contributed by atoms with Gasteiger partial charge in [-0.3, -0.25) is 9.59 Å². The Labute approximate surface area is 287 Å².